The highest BCUT2D eigenvalue weighted by atomic mass is 16.5. The number of methoxy groups -OCH3 is 1. The van der Waals surface area contributed by atoms with E-state index in [0.717, 1.165) is 43.0 Å². The molecule has 5 nitrogen and oxygen atoms in total. The average molecular weight is 313 g/mol. The second-order valence-corrected chi connectivity index (χ2v) is 5.67. The number of nitrogens with one attached hydrogen (secondary N) is 2. The summed E-state index contributed by atoms with van der Waals surface area (Å²) in [5.41, 5.74) is 2.23. The van der Waals surface area contributed by atoms with Gasteiger partial charge < -0.3 is 14.8 Å². The molecule has 5 heteroatoms. The molecule has 1 aromatic heterocycles. The van der Waals surface area contributed by atoms with Crippen LogP contribution in [0.1, 0.15) is 23.7 Å². The molecule has 0 bridgehead atoms. The van der Waals surface area contributed by atoms with Gasteiger partial charge in [0, 0.05) is 42.9 Å². The number of benzene rings is 1. The summed E-state index contributed by atoms with van der Waals surface area (Å²) in [5.74, 6) is 1.39. The number of hydrogen-bond acceptors (Lipinski definition) is 4. The number of nitrogens with zero attached hydrogens (tertiary/aromatic N) is 1. The van der Waals surface area contributed by atoms with Crippen molar-refractivity contribution in [1.29, 1.82) is 0 Å². The Morgan fingerprint density at radius 1 is 1.43 bits per heavy atom. The van der Waals surface area contributed by atoms with E-state index in [-0.39, 0.29) is 6.10 Å². The first-order valence-corrected chi connectivity index (χ1v) is 7.99. The number of ether oxygens (including phenoxy) is 2. The topological polar surface area (TPSA) is 59.2 Å². The average Bonchev–Trinajstić information content (AvgIpc) is 3.26. The minimum absolute atomic E-state index is 0.152. The van der Waals surface area contributed by atoms with Gasteiger partial charge in [-0.3, -0.25) is 5.10 Å². The van der Waals surface area contributed by atoms with Gasteiger partial charge in [-0.05, 0) is 12.5 Å². The van der Waals surface area contributed by atoms with Gasteiger partial charge in [0.2, 0.25) is 0 Å². The molecule has 0 aliphatic carbocycles. The number of rotatable bonds is 7. The van der Waals surface area contributed by atoms with E-state index in [1.807, 2.05) is 30.6 Å². The molecule has 2 heterocycles. The fraction of sp³-hybridized carbons (Fsp3) is 0.389. The van der Waals surface area contributed by atoms with E-state index in [4.69, 9.17) is 9.47 Å². The first-order valence-electron chi connectivity index (χ1n) is 7.99. The molecule has 23 heavy (non-hydrogen) atoms. The Labute approximate surface area is 136 Å². The fourth-order valence-electron chi connectivity index (χ4n) is 2.97. The van der Waals surface area contributed by atoms with E-state index in [0.29, 0.717) is 5.92 Å². The zero-order valence-electron chi connectivity index (χ0n) is 13.4. The van der Waals surface area contributed by atoms with Gasteiger partial charge in [0.25, 0.3) is 0 Å². The van der Waals surface area contributed by atoms with Crippen molar-refractivity contribution in [3.63, 3.8) is 0 Å². The smallest absolute Gasteiger partial charge is 0.126 e. The molecule has 1 fully saturated rings. The number of para-hydroxylation sites is 1. The van der Waals surface area contributed by atoms with E-state index in [1.165, 1.54) is 0 Å². The highest BCUT2D eigenvalue weighted by Gasteiger charge is 2.29. The van der Waals surface area contributed by atoms with Crippen molar-refractivity contribution < 1.29 is 9.47 Å². The number of H-pyrrole nitrogens is 1. The van der Waals surface area contributed by atoms with E-state index < -0.39 is 0 Å². The van der Waals surface area contributed by atoms with Crippen LogP contribution in [0, 0.1) is 5.92 Å². The van der Waals surface area contributed by atoms with Crippen molar-refractivity contribution in [2.75, 3.05) is 26.8 Å². The predicted molar refractivity (Wildman–Crippen MR) is 90.3 cm³/mol. The molecule has 0 radical (unpaired) electrons. The minimum atomic E-state index is 0.152. The van der Waals surface area contributed by atoms with Gasteiger partial charge in [0.15, 0.2) is 0 Å². The molecule has 2 aromatic rings. The van der Waals surface area contributed by atoms with Crippen LogP contribution < -0.4 is 10.1 Å². The van der Waals surface area contributed by atoms with Crippen LogP contribution in [-0.4, -0.2) is 37.0 Å². The Morgan fingerprint density at radius 2 is 2.35 bits per heavy atom. The van der Waals surface area contributed by atoms with Gasteiger partial charge in [-0.2, -0.15) is 5.10 Å². The van der Waals surface area contributed by atoms with Crippen LogP contribution in [0.2, 0.25) is 0 Å². The molecule has 1 aromatic carbocycles. The summed E-state index contributed by atoms with van der Waals surface area (Å²) >= 11 is 0. The minimum Gasteiger partial charge on any atom is -0.496 e. The normalized spacial score (nSPS) is 21.1. The third-order valence-electron chi connectivity index (χ3n) is 4.17. The van der Waals surface area contributed by atoms with E-state index in [9.17, 15) is 0 Å². The van der Waals surface area contributed by atoms with Crippen LogP contribution in [0.3, 0.4) is 0 Å². The van der Waals surface area contributed by atoms with E-state index >= 15 is 0 Å². The summed E-state index contributed by atoms with van der Waals surface area (Å²) in [7, 11) is 1.70. The van der Waals surface area contributed by atoms with E-state index in [1.54, 1.807) is 7.11 Å². The highest BCUT2D eigenvalue weighted by molar-refractivity contribution is 5.57. The van der Waals surface area contributed by atoms with Crippen molar-refractivity contribution in [2.24, 2.45) is 5.92 Å². The van der Waals surface area contributed by atoms with Crippen LogP contribution in [-0.2, 0) is 4.74 Å². The van der Waals surface area contributed by atoms with Crippen molar-refractivity contribution in [1.82, 2.24) is 15.5 Å². The first-order chi connectivity index (χ1) is 11.4. The Hall–Kier alpha value is -2.11. The fourth-order valence-corrected chi connectivity index (χ4v) is 2.97. The molecule has 0 unspecified atom stereocenters. The third-order valence-corrected chi connectivity index (χ3v) is 4.17. The number of hydrogen-bond donors (Lipinski definition) is 2. The van der Waals surface area contributed by atoms with Gasteiger partial charge in [-0.15, -0.1) is 0 Å². The summed E-state index contributed by atoms with van der Waals surface area (Å²) in [6, 6.07) is 8.01. The molecule has 122 valence electrons. The lowest BCUT2D eigenvalue weighted by Gasteiger charge is -2.17. The lowest BCUT2D eigenvalue weighted by atomic mass is 9.97. The second-order valence-electron chi connectivity index (χ2n) is 5.67. The van der Waals surface area contributed by atoms with Crippen molar-refractivity contribution in [2.45, 2.75) is 12.5 Å². The molecule has 1 aliphatic rings. The maximum absolute atomic E-state index is 5.83. The lowest BCUT2D eigenvalue weighted by molar-refractivity contribution is 0.0908. The number of aromatic amines is 1. The monoisotopic (exact) mass is 313 g/mol. The predicted octanol–water partition coefficient (Wildman–Crippen LogP) is 2.80. The zero-order valence-corrected chi connectivity index (χ0v) is 13.4. The van der Waals surface area contributed by atoms with Gasteiger partial charge in [0.05, 0.1) is 19.4 Å². The molecule has 1 saturated heterocycles. The molecule has 1 aliphatic heterocycles. The van der Waals surface area contributed by atoms with Crippen molar-refractivity contribution >= 4 is 6.08 Å². The van der Waals surface area contributed by atoms with Crippen LogP contribution in [0.25, 0.3) is 6.08 Å². The van der Waals surface area contributed by atoms with Gasteiger partial charge in [0.1, 0.15) is 5.75 Å². The third kappa shape index (κ3) is 4.00. The SMILES string of the molecule is COc1ccccc1C=CCNC[C@H]1CCO[C@@H]1c1cn[nH]c1. The van der Waals surface area contributed by atoms with Crippen LogP contribution >= 0.6 is 0 Å². The van der Waals surface area contributed by atoms with Gasteiger partial charge in [-0.25, -0.2) is 0 Å². The summed E-state index contributed by atoms with van der Waals surface area (Å²) < 4.78 is 11.2. The summed E-state index contributed by atoms with van der Waals surface area (Å²) in [5, 5.41) is 10.4. The lowest BCUT2D eigenvalue weighted by Crippen LogP contribution is -2.24. The highest BCUT2D eigenvalue weighted by Crippen LogP contribution is 2.33. The van der Waals surface area contributed by atoms with E-state index in [2.05, 4.69) is 33.7 Å². The number of aromatic nitrogens is 2. The summed E-state index contributed by atoms with van der Waals surface area (Å²) in [6.07, 6.45) is 9.22. The molecule has 0 amide bonds. The summed E-state index contributed by atoms with van der Waals surface area (Å²) in [4.78, 5) is 0. The molecule has 0 saturated carbocycles. The van der Waals surface area contributed by atoms with Gasteiger partial charge >= 0.3 is 0 Å². The first kappa shape index (κ1) is 15.8. The van der Waals surface area contributed by atoms with Crippen LogP contribution in [0.15, 0.2) is 42.7 Å². The molecule has 0 spiro atoms. The standard InChI is InChI=1S/C18H23N3O2/c1-22-17-7-3-2-5-14(17)6-4-9-19-11-15-8-10-23-18(15)16-12-20-21-13-16/h2-7,12-13,15,18-19H,8-11H2,1H3,(H,20,21)/t15-,18+/m1/s1. The maximum Gasteiger partial charge on any atom is 0.126 e. The van der Waals surface area contributed by atoms with Crippen molar-refractivity contribution in [3.05, 3.63) is 53.9 Å². The quantitative estimate of drug-likeness (QED) is 0.772. The van der Waals surface area contributed by atoms with Gasteiger partial charge in [-0.1, -0.05) is 30.4 Å². The molecule has 2 atom stereocenters. The molecular formula is C18H23N3O2. The Kier molecular flexibility index (Phi) is 5.45. The molecule has 3 rings (SSSR count). The Morgan fingerprint density at radius 3 is 3.17 bits per heavy atom. The summed E-state index contributed by atoms with van der Waals surface area (Å²) in [6.45, 7) is 2.58. The van der Waals surface area contributed by atoms with Crippen LogP contribution in [0.4, 0.5) is 0 Å². The Bertz CT molecular complexity index is 625. The largest absolute Gasteiger partial charge is 0.496 e. The second kappa shape index (κ2) is 7.94. The zero-order chi connectivity index (χ0) is 15.9. The van der Waals surface area contributed by atoms with Crippen molar-refractivity contribution in [3.8, 4) is 5.75 Å². The molecular weight excluding hydrogens is 290 g/mol. The maximum atomic E-state index is 5.83. The molecule has 2 N–H and O–H groups in total. The van der Waals surface area contributed by atoms with Crippen LogP contribution in [0.5, 0.6) is 5.75 Å². The Balaban J connectivity index is 1.47.